The molecule has 0 atom stereocenters. The molecule has 0 spiro atoms. The largest absolute Gasteiger partial charge is 0.466 e. The van der Waals surface area contributed by atoms with E-state index in [9.17, 15) is 9.59 Å². The first kappa shape index (κ1) is 51.9. The molecule has 1 fully saturated rings. The van der Waals surface area contributed by atoms with Crippen molar-refractivity contribution in [1.29, 1.82) is 0 Å². The lowest BCUT2D eigenvalue weighted by atomic mass is 9.91. The van der Waals surface area contributed by atoms with E-state index in [0.717, 1.165) is 56.3 Å². The molecule has 0 amide bonds. The maximum atomic E-state index is 12.3. The Kier molecular flexibility index (Phi) is 37.5. The molecule has 0 saturated carbocycles. The summed E-state index contributed by atoms with van der Waals surface area (Å²) in [5.41, 5.74) is 0. The molecule has 1 aliphatic heterocycles. The Morgan fingerprint density at radius 3 is 1.11 bits per heavy atom. The minimum atomic E-state index is 0.0218. The van der Waals surface area contributed by atoms with Crippen LogP contribution < -0.4 is 0 Å². The second-order valence-corrected chi connectivity index (χ2v) is 17.9. The van der Waals surface area contributed by atoms with Crippen LogP contribution in [0.5, 0.6) is 0 Å². The normalized spacial score (nSPS) is 13.7. The van der Waals surface area contributed by atoms with Crippen LogP contribution in [-0.2, 0) is 19.1 Å². The summed E-state index contributed by atoms with van der Waals surface area (Å²) in [7, 11) is 0. The molecule has 326 valence electrons. The molecule has 5 heteroatoms. The molecule has 0 aliphatic carbocycles. The molecule has 0 unspecified atom stereocenters. The lowest BCUT2D eigenvalue weighted by molar-refractivity contribution is -0.145. The molecular weight excluding hydrogens is 679 g/mol. The van der Waals surface area contributed by atoms with Gasteiger partial charge in [0.15, 0.2) is 0 Å². The van der Waals surface area contributed by atoms with Crippen molar-refractivity contribution in [3.63, 3.8) is 0 Å². The fourth-order valence-electron chi connectivity index (χ4n) is 8.81. The SMILES string of the molecule is CCCCC(CCCC)CCOC(=O)CCCCCCCCCC(CCCCCCCCCC(=O)OCCC(CCCC)CCCC)CCN1CCCCC1. The molecule has 0 aromatic rings. The molecule has 0 aromatic heterocycles. The minimum Gasteiger partial charge on any atom is -0.466 e. The van der Waals surface area contributed by atoms with Gasteiger partial charge in [0, 0.05) is 12.8 Å². The monoisotopic (exact) mass is 776 g/mol. The van der Waals surface area contributed by atoms with Gasteiger partial charge in [-0.05, 0) is 82.3 Å². The van der Waals surface area contributed by atoms with E-state index in [1.165, 1.54) is 199 Å². The van der Waals surface area contributed by atoms with E-state index in [0.29, 0.717) is 26.1 Å². The number of rotatable bonds is 41. The van der Waals surface area contributed by atoms with E-state index in [-0.39, 0.29) is 11.9 Å². The zero-order valence-electron chi connectivity index (χ0n) is 37.8. The standard InChI is InChI=1S/C50H97NO4/c1-5-9-30-47(31-10-6-2)39-44-54-49(52)36-26-21-17-13-15-19-24-34-46(38-43-51-41-28-23-29-42-51)35-25-20-16-14-18-22-27-37-50(53)55-45-40-48(32-11-7-3)33-12-8-4/h46-48H,5-45H2,1-4H3. The number of ether oxygens (including phenoxy) is 2. The Morgan fingerprint density at radius 2 is 0.727 bits per heavy atom. The van der Waals surface area contributed by atoms with Gasteiger partial charge in [0.2, 0.25) is 0 Å². The summed E-state index contributed by atoms with van der Waals surface area (Å²) in [4.78, 5) is 27.3. The maximum absolute atomic E-state index is 12.3. The van der Waals surface area contributed by atoms with Crippen molar-refractivity contribution in [3.05, 3.63) is 0 Å². The molecule has 1 saturated heterocycles. The highest BCUT2D eigenvalue weighted by atomic mass is 16.5. The third-order valence-electron chi connectivity index (χ3n) is 12.7. The summed E-state index contributed by atoms with van der Waals surface area (Å²) in [5.74, 6) is 2.39. The van der Waals surface area contributed by atoms with Crippen molar-refractivity contribution in [1.82, 2.24) is 4.90 Å². The summed E-state index contributed by atoms with van der Waals surface area (Å²) in [6.45, 7) is 14.2. The zero-order valence-corrected chi connectivity index (χ0v) is 37.8. The van der Waals surface area contributed by atoms with Crippen LogP contribution in [0.15, 0.2) is 0 Å². The van der Waals surface area contributed by atoms with Crippen LogP contribution in [0.4, 0.5) is 0 Å². The quantitative estimate of drug-likeness (QED) is 0.0457. The van der Waals surface area contributed by atoms with Crippen molar-refractivity contribution in [3.8, 4) is 0 Å². The van der Waals surface area contributed by atoms with Gasteiger partial charge in [-0.15, -0.1) is 0 Å². The summed E-state index contributed by atoms with van der Waals surface area (Å²) in [5, 5.41) is 0. The van der Waals surface area contributed by atoms with E-state index >= 15 is 0 Å². The smallest absolute Gasteiger partial charge is 0.305 e. The number of hydrogen-bond acceptors (Lipinski definition) is 5. The maximum Gasteiger partial charge on any atom is 0.305 e. The minimum absolute atomic E-state index is 0.0218. The lowest BCUT2D eigenvalue weighted by Gasteiger charge is -2.28. The predicted molar refractivity (Wildman–Crippen MR) is 238 cm³/mol. The lowest BCUT2D eigenvalue weighted by Crippen LogP contribution is -2.31. The summed E-state index contributed by atoms with van der Waals surface area (Å²) in [6.07, 6.45) is 44.7. The number of esters is 2. The summed E-state index contributed by atoms with van der Waals surface area (Å²) < 4.78 is 11.2. The number of hydrogen-bond donors (Lipinski definition) is 0. The van der Waals surface area contributed by atoms with Gasteiger partial charge in [-0.3, -0.25) is 9.59 Å². The van der Waals surface area contributed by atoms with Gasteiger partial charge in [-0.1, -0.05) is 201 Å². The molecule has 0 N–H and O–H groups in total. The van der Waals surface area contributed by atoms with Gasteiger partial charge in [0.05, 0.1) is 13.2 Å². The van der Waals surface area contributed by atoms with Gasteiger partial charge >= 0.3 is 11.9 Å². The van der Waals surface area contributed by atoms with Crippen LogP contribution in [0.2, 0.25) is 0 Å². The molecule has 5 nitrogen and oxygen atoms in total. The molecule has 1 heterocycles. The molecule has 0 radical (unpaired) electrons. The molecule has 55 heavy (non-hydrogen) atoms. The third-order valence-corrected chi connectivity index (χ3v) is 12.7. The molecule has 1 aliphatic rings. The van der Waals surface area contributed by atoms with Crippen molar-refractivity contribution in [2.45, 2.75) is 259 Å². The Morgan fingerprint density at radius 1 is 0.400 bits per heavy atom. The van der Waals surface area contributed by atoms with Crippen molar-refractivity contribution < 1.29 is 19.1 Å². The van der Waals surface area contributed by atoms with E-state index in [1.54, 1.807) is 0 Å². The third kappa shape index (κ3) is 33.6. The zero-order chi connectivity index (χ0) is 39.9. The van der Waals surface area contributed by atoms with Crippen LogP contribution in [0.1, 0.15) is 259 Å². The van der Waals surface area contributed by atoms with E-state index in [4.69, 9.17) is 9.47 Å². The van der Waals surface area contributed by atoms with Gasteiger partial charge in [-0.25, -0.2) is 0 Å². The Hall–Kier alpha value is -1.10. The molecule has 1 rings (SSSR count). The number of unbranched alkanes of at least 4 members (excludes halogenated alkanes) is 16. The van der Waals surface area contributed by atoms with Gasteiger partial charge in [-0.2, -0.15) is 0 Å². The van der Waals surface area contributed by atoms with Crippen molar-refractivity contribution >= 4 is 11.9 Å². The predicted octanol–water partition coefficient (Wildman–Crippen LogP) is 15.4. The highest BCUT2D eigenvalue weighted by Gasteiger charge is 2.15. The average Bonchev–Trinajstić information content (AvgIpc) is 3.20. The summed E-state index contributed by atoms with van der Waals surface area (Å²) >= 11 is 0. The fraction of sp³-hybridized carbons (Fsp3) is 0.960. The van der Waals surface area contributed by atoms with Crippen LogP contribution in [0.3, 0.4) is 0 Å². The van der Waals surface area contributed by atoms with E-state index in [2.05, 4.69) is 32.6 Å². The topological polar surface area (TPSA) is 55.8 Å². The second kappa shape index (κ2) is 39.7. The molecular formula is C50H97NO4. The number of carbonyl (C=O) groups is 2. The number of nitrogens with zero attached hydrogens (tertiary/aromatic N) is 1. The van der Waals surface area contributed by atoms with Crippen molar-refractivity contribution in [2.24, 2.45) is 17.8 Å². The van der Waals surface area contributed by atoms with Crippen molar-refractivity contribution in [2.75, 3.05) is 32.8 Å². The molecule has 0 aromatic carbocycles. The van der Waals surface area contributed by atoms with E-state index < -0.39 is 0 Å². The first-order valence-corrected chi connectivity index (χ1v) is 25.1. The van der Waals surface area contributed by atoms with Crippen LogP contribution in [0, 0.1) is 17.8 Å². The number of piperidine rings is 1. The van der Waals surface area contributed by atoms with Gasteiger partial charge < -0.3 is 14.4 Å². The number of likely N-dealkylation sites (tertiary alicyclic amines) is 1. The highest BCUT2D eigenvalue weighted by molar-refractivity contribution is 5.69. The Bertz CT molecular complexity index is 755. The van der Waals surface area contributed by atoms with Gasteiger partial charge in [0.1, 0.15) is 0 Å². The average molecular weight is 776 g/mol. The Labute approximate surface area is 344 Å². The second-order valence-electron chi connectivity index (χ2n) is 17.9. The van der Waals surface area contributed by atoms with Crippen LogP contribution >= 0.6 is 0 Å². The van der Waals surface area contributed by atoms with E-state index in [1.807, 2.05) is 0 Å². The first-order chi connectivity index (χ1) is 27.0. The fourth-order valence-corrected chi connectivity index (χ4v) is 8.81. The van der Waals surface area contributed by atoms with Crippen LogP contribution in [-0.4, -0.2) is 49.7 Å². The Balaban J connectivity index is 2.13. The first-order valence-electron chi connectivity index (χ1n) is 25.1. The number of carbonyl (C=O) groups excluding carboxylic acids is 2. The van der Waals surface area contributed by atoms with Gasteiger partial charge in [0.25, 0.3) is 0 Å². The highest BCUT2D eigenvalue weighted by Crippen LogP contribution is 2.25. The summed E-state index contributed by atoms with van der Waals surface area (Å²) in [6, 6.07) is 0. The molecule has 0 bridgehead atoms. The van der Waals surface area contributed by atoms with Crippen LogP contribution in [0.25, 0.3) is 0 Å².